The van der Waals surface area contributed by atoms with Crippen molar-refractivity contribution in [2.75, 3.05) is 0 Å². The molecule has 0 heterocycles. The van der Waals surface area contributed by atoms with E-state index in [1.165, 1.54) is 27.5 Å². The third kappa shape index (κ3) is 5.01. The Morgan fingerprint density at radius 2 is 1.76 bits per heavy atom. The number of rotatable bonds is 3. The van der Waals surface area contributed by atoms with E-state index in [-0.39, 0.29) is 0 Å². The third-order valence-corrected chi connectivity index (χ3v) is 2.34. The summed E-state index contributed by atoms with van der Waals surface area (Å²) in [6.45, 7) is 2.72. The zero-order valence-corrected chi connectivity index (χ0v) is 14.4. The van der Waals surface area contributed by atoms with Gasteiger partial charge in [-0.25, -0.2) is 0 Å². The maximum atomic E-state index is 5.65. The second kappa shape index (κ2) is 8.44. The third-order valence-electron chi connectivity index (χ3n) is 2.34. The van der Waals surface area contributed by atoms with Crippen LogP contribution < -0.4 is 4.74 Å². The van der Waals surface area contributed by atoms with Gasteiger partial charge in [-0.2, -0.15) is 18.2 Å². The van der Waals surface area contributed by atoms with Crippen LogP contribution in [0.1, 0.15) is 11.1 Å². The SMILES string of the molecule is Cc1ccccc1COc1cc[c-]cc1.[Zn+][Br]. The van der Waals surface area contributed by atoms with Crippen LogP contribution in [-0.2, 0) is 22.9 Å². The molecule has 0 aromatic heterocycles. The van der Waals surface area contributed by atoms with Crippen LogP contribution in [0.2, 0.25) is 0 Å². The summed E-state index contributed by atoms with van der Waals surface area (Å²) in [6.07, 6.45) is 0. The fourth-order valence-electron chi connectivity index (χ4n) is 1.40. The Balaban J connectivity index is 0.000000686. The van der Waals surface area contributed by atoms with Crippen molar-refractivity contribution in [2.24, 2.45) is 0 Å². The van der Waals surface area contributed by atoms with E-state index >= 15 is 0 Å². The van der Waals surface area contributed by atoms with Gasteiger partial charge in [0.05, 0.1) is 0 Å². The quantitative estimate of drug-likeness (QED) is 0.599. The van der Waals surface area contributed by atoms with Gasteiger partial charge < -0.3 is 4.74 Å². The molecule has 0 fully saturated rings. The summed E-state index contributed by atoms with van der Waals surface area (Å²) in [5.74, 6) is 0.886. The summed E-state index contributed by atoms with van der Waals surface area (Å²) in [4.78, 5) is 0. The van der Waals surface area contributed by atoms with Crippen molar-refractivity contribution >= 4 is 13.6 Å². The van der Waals surface area contributed by atoms with E-state index in [2.05, 4.69) is 38.7 Å². The number of hydrogen-bond donors (Lipinski definition) is 0. The average Bonchev–Trinajstić information content (AvgIpc) is 2.41. The summed E-state index contributed by atoms with van der Waals surface area (Å²) in [7, 11) is 0. The van der Waals surface area contributed by atoms with Gasteiger partial charge in [-0.15, -0.1) is 12.1 Å². The summed E-state index contributed by atoms with van der Waals surface area (Å²) in [5, 5.41) is 0. The van der Waals surface area contributed by atoms with Crippen molar-refractivity contribution in [3.63, 3.8) is 0 Å². The first-order valence-electron chi connectivity index (χ1n) is 5.26. The van der Waals surface area contributed by atoms with Gasteiger partial charge in [-0.3, -0.25) is 0 Å². The molecule has 3 heteroatoms. The molecular weight excluding hydrogens is 329 g/mol. The van der Waals surface area contributed by atoms with Gasteiger partial charge in [-0.1, -0.05) is 24.3 Å². The molecule has 0 saturated carbocycles. The van der Waals surface area contributed by atoms with Gasteiger partial charge in [0.25, 0.3) is 0 Å². The number of halogens is 1. The molecule has 0 saturated heterocycles. The first kappa shape index (κ1) is 14.4. The molecular formula is C14H13BrOZn. The molecule has 2 aromatic carbocycles. The van der Waals surface area contributed by atoms with E-state index in [0.29, 0.717) is 6.61 Å². The summed E-state index contributed by atoms with van der Waals surface area (Å²) in [5.41, 5.74) is 2.49. The van der Waals surface area contributed by atoms with Gasteiger partial charge in [0, 0.05) is 5.75 Å². The van der Waals surface area contributed by atoms with Crippen LogP contribution in [0.15, 0.2) is 48.5 Å². The molecule has 0 radical (unpaired) electrons. The van der Waals surface area contributed by atoms with E-state index in [4.69, 9.17) is 4.74 Å². The van der Waals surface area contributed by atoms with Gasteiger partial charge in [0.2, 0.25) is 0 Å². The van der Waals surface area contributed by atoms with Gasteiger partial charge in [0.1, 0.15) is 6.61 Å². The summed E-state index contributed by atoms with van der Waals surface area (Å²) >= 11 is 4.25. The van der Waals surface area contributed by atoms with Gasteiger partial charge in [0.15, 0.2) is 0 Å². The Hall–Kier alpha value is -0.657. The molecule has 0 aliphatic rings. The van der Waals surface area contributed by atoms with E-state index < -0.39 is 0 Å². The van der Waals surface area contributed by atoms with Crippen LogP contribution in [0.5, 0.6) is 5.75 Å². The second-order valence-electron chi connectivity index (χ2n) is 3.45. The van der Waals surface area contributed by atoms with E-state index in [9.17, 15) is 0 Å². The molecule has 2 rings (SSSR count). The number of aryl methyl sites for hydroxylation is 1. The Labute approximate surface area is 119 Å². The zero-order valence-electron chi connectivity index (χ0n) is 9.82. The molecule has 0 aliphatic heterocycles. The Bertz CT molecular complexity index is 431. The van der Waals surface area contributed by atoms with Crippen LogP contribution in [0, 0.1) is 13.0 Å². The van der Waals surface area contributed by atoms with Crippen LogP contribution >= 0.6 is 13.6 Å². The van der Waals surface area contributed by atoms with E-state index in [1.54, 1.807) is 0 Å². The molecule has 0 spiro atoms. The second-order valence-corrected chi connectivity index (χ2v) is 3.45. The predicted molar refractivity (Wildman–Crippen MR) is 69.7 cm³/mol. The molecule has 84 valence electrons. The molecule has 1 nitrogen and oxygen atoms in total. The minimum absolute atomic E-state index is 0.622. The number of hydrogen-bond acceptors (Lipinski definition) is 1. The zero-order chi connectivity index (χ0) is 12.5. The van der Waals surface area contributed by atoms with Crippen LogP contribution in [0.4, 0.5) is 0 Å². The van der Waals surface area contributed by atoms with Crippen molar-refractivity contribution in [2.45, 2.75) is 13.5 Å². The molecule has 0 bridgehead atoms. The van der Waals surface area contributed by atoms with Crippen molar-refractivity contribution in [1.82, 2.24) is 0 Å². The van der Waals surface area contributed by atoms with Crippen molar-refractivity contribution in [1.29, 1.82) is 0 Å². The molecule has 17 heavy (non-hydrogen) atoms. The first-order valence-corrected chi connectivity index (χ1v) is 12.2. The van der Waals surface area contributed by atoms with Gasteiger partial charge >= 0.3 is 30.0 Å². The molecule has 0 atom stereocenters. The average molecular weight is 343 g/mol. The Morgan fingerprint density at radius 1 is 1.12 bits per heavy atom. The van der Waals surface area contributed by atoms with Crippen molar-refractivity contribution in [3.8, 4) is 5.75 Å². The van der Waals surface area contributed by atoms with Crippen LogP contribution in [0.3, 0.4) is 0 Å². The molecule has 0 aliphatic carbocycles. The van der Waals surface area contributed by atoms with Gasteiger partial charge in [-0.05, 0) is 18.1 Å². The summed E-state index contributed by atoms with van der Waals surface area (Å²) < 4.78 is 5.65. The van der Waals surface area contributed by atoms with Crippen LogP contribution in [0.25, 0.3) is 0 Å². The minimum atomic E-state index is 0.622. The number of ether oxygens (including phenoxy) is 1. The molecule has 0 N–H and O–H groups in total. The van der Waals surface area contributed by atoms with E-state index in [1.807, 2.05) is 36.4 Å². The van der Waals surface area contributed by atoms with Crippen molar-refractivity contribution in [3.05, 3.63) is 65.7 Å². The monoisotopic (exact) mass is 340 g/mol. The molecule has 0 unspecified atom stereocenters. The standard InChI is InChI=1S/C14H13O.BrH.Zn/c1-12-7-5-6-8-13(12)11-15-14-9-3-2-4-10-14;;/h3-10H,11H2,1H3;1H;/q-1;;+2/p-1. The van der Waals surface area contributed by atoms with Crippen molar-refractivity contribution < 1.29 is 21.1 Å². The normalized spacial score (nSPS) is 9.18. The summed E-state index contributed by atoms with van der Waals surface area (Å²) in [6, 6.07) is 18.8. The first-order chi connectivity index (χ1) is 8.36. The van der Waals surface area contributed by atoms with E-state index in [0.717, 1.165) is 5.75 Å². The van der Waals surface area contributed by atoms with Crippen LogP contribution in [-0.4, -0.2) is 0 Å². The predicted octanol–water partition coefficient (Wildman–Crippen LogP) is 4.22. The maximum absolute atomic E-state index is 5.65. The Kier molecular flexibility index (Phi) is 7.15. The fourth-order valence-corrected chi connectivity index (χ4v) is 1.40. The molecule has 2 aromatic rings. The topological polar surface area (TPSA) is 9.23 Å². The Morgan fingerprint density at radius 3 is 2.41 bits per heavy atom. The fraction of sp³-hybridized carbons (Fsp3) is 0.143. The molecule has 0 amide bonds. The number of benzene rings is 2.